The molecule has 0 atom stereocenters. The number of carbonyl (C=O) groups excluding carboxylic acids is 3. The van der Waals surface area contributed by atoms with Crippen molar-refractivity contribution < 1.29 is 19.1 Å². The maximum atomic E-state index is 13.7. The van der Waals surface area contributed by atoms with Crippen molar-refractivity contribution in [3.8, 4) is 5.75 Å². The van der Waals surface area contributed by atoms with Crippen LogP contribution in [-0.4, -0.2) is 73.5 Å². The predicted octanol–water partition coefficient (Wildman–Crippen LogP) is 2.29. The zero-order valence-corrected chi connectivity index (χ0v) is 23.5. The highest BCUT2D eigenvalue weighted by molar-refractivity contribution is 5.96. The van der Waals surface area contributed by atoms with Crippen LogP contribution in [0.15, 0.2) is 30.5 Å². The molecule has 11 heteroatoms. The number of rotatable bonds is 3. The van der Waals surface area contributed by atoms with E-state index in [4.69, 9.17) is 4.74 Å². The lowest BCUT2D eigenvalue weighted by molar-refractivity contribution is -0.141. The SMILES string of the molecule is CC(=O)c1c(C)nn(CC(=O)N2CCC3(CC2)Cc2cn(nn2)CCCOc2ccc(cc2)CCNC3=O)c1C. The lowest BCUT2D eigenvalue weighted by Crippen LogP contribution is -2.52. The molecule has 4 bridgehead atoms. The average Bonchev–Trinajstić information content (AvgIpc) is 3.49. The highest BCUT2D eigenvalue weighted by Gasteiger charge is 2.43. The molecule has 1 N–H and O–H groups in total. The minimum Gasteiger partial charge on any atom is -0.494 e. The molecule has 1 spiro atoms. The van der Waals surface area contributed by atoms with Crippen molar-refractivity contribution in [3.63, 3.8) is 0 Å². The van der Waals surface area contributed by atoms with Gasteiger partial charge in [-0.3, -0.25) is 23.7 Å². The summed E-state index contributed by atoms with van der Waals surface area (Å²) in [7, 11) is 0. The Morgan fingerprint density at radius 1 is 1.10 bits per heavy atom. The summed E-state index contributed by atoms with van der Waals surface area (Å²) in [6, 6.07) is 7.99. The van der Waals surface area contributed by atoms with Crippen LogP contribution in [0, 0.1) is 19.3 Å². The average molecular weight is 548 g/mol. The maximum Gasteiger partial charge on any atom is 0.244 e. The quantitative estimate of drug-likeness (QED) is 0.499. The van der Waals surface area contributed by atoms with Crippen molar-refractivity contribution in [2.75, 3.05) is 26.2 Å². The third-order valence-corrected chi connectivity index (χ3v) is 8.10. The molecule has 3 aliphatic heterocycles. The monoisotopic (exact) mass is 547 g/mol. The van der Waals surface area contributed by atoms with Crippen molar-refractivity contribution >= 4 is 17.6 Å². The summed E-state index contributed by atoms with van der Waals surface area (Å²) in [5.74, 6) is 0.686. The molecule has 40 heavy (non-hydrogen) atoms. The lowest BCUT2D eigenvalue weighted by atomic mass is 9.74. The Labute approximate surface area is 233 Å². The molecule has 1 saturated heterocycles. The fourth-order valence-corrected chi connectivity index (χ4v) is 5.81. The van der Waals surface area contributed by atoms with Gasteiger partial charge in [-0.1, -0.05) is 17.3 Å². The molecule has 6 rings (SSSR count). The van der Waals surface area contributed by atoms with E-state index in [2.05, 4.69) is 20.7 Å². The highest BCUT2D eigenvalue weighted by atomic mass is 16.5. The summed E-state index contributed by atoms with van der Waals surface area (Å²) in [5.41, 5.74) is 3.12. The summed E-state index contributed by atoms with van der Waals surface area (Å²) in [6.07, 6.45) is 4.93. The minimum atomic E-state index is -0.682. The number of ether oxygens (including phenoxy) is 1. The van der Waals surface area contributed by atoms with E-state index in [9.17, 15) is 14.4 Å². The second kappa shape index (κ2) is 11.6. The Bertz CT molecular complexity index is 1380. The largest absolute Gasteiger partial charge is 0.494 e. The van der Waals surface area contributed by atoms with E-state index in [1.807, 2.05) is 37.4 Å². The van der Waals surface area contributed by atoms with E-state index < -0.39 is 5.41 Å². The van der Waals surface area contributed by atoms with Crippen LogP contribution in [0.4, 0.5) is 0 Å². The van der Waals surface area contributed by atoms with Gasteiger partial charge in [-0.15, -0.1) is 5.10 Å². The molecule has 212 valence electrons. The van der Waals surface area contributed by atoms with Crippen LogP contribution < -0.4 is 10.1 Å². The van der Waals surface area contributed by atoms with Crippen molar-refractivity contribution in [2.24, 2.45) is 5.41 Å². The number of amides is 2. The first-order valence-electron chi connectivity index (χ1n) is 14.0. The molecule has 1 fully saturated rings. The Morgan fingerprint density at radius 3 is 2.55 bits per heavy atom. The summed E-state index contributed by atoms with van der Waals surface area (Å²) in [4.78, 5) is 40.7. The van der Waals surface area contributed by atoms with Gasteiger partial charge in [0, 0.05) is 50.9 Å². The molecule has 2 amide bonds. The van der Waals surface area contributed by atoms with Gasteiger partial charge in [-0.25, -0.2) is 0 Å². The number of fused-ring (bicyclic) bond motifs is 8. The number of aromatic nitrogens is 5. The number of carbonyl (C=O) groups is 3. The number of hydrogen-bond donors (Lipinski definition) is 1. The van der Waals surface area contributed by atoms with Crippen molar-refractivity contribution in [1.82, 2.24) is 35.0 Å². The number of piperidine rings is 1. The Morgan fingerprint density at radius 2 is 1.85 bits per heavy atom. The van der Waals surface area contributed by atoms with E-state index in [0.717, 1.165) is 23.4 Å². The molecule has 5 heterocycles. The van der Waals surface area contributed by atoms with E-state index in [1.54, 1.807) is 21.2 Å². The number of hydrogen-bond acceptors (Lipinski definition) is 7. The first-order chi connectivity index (χ1) is 19.2. The number of nitrogens with one attached hydrogen (secondary N) is 1. The summed E-state index contributed by atoms with van der Waals surface area (Å²) >= 11 is 0. The van der Waals surface area contributed by atoms with Gasteiger partial charge >= 0.3 is 0 Å². The fraction of sp³-hybridized carbons (Fsp3) is 0.517. The van der Waals surface area contributed by atoms with Crippen LogP contribution in [-0.2, 0) is 35.5 Å². The van der Waals surface area contributed by atoms with Crippen LogP contribution in [0.1, 0.15) is 59.2 Å². The molecule has 1 aromatic carbocycles. The summed E-state index contributed by atoms with van der Waals surface area (Å²) in [5, 5.41) is 16.2. The topological polar surface area (TPSA) is 124 Å². The number of benzene rings is 1. The molecule has 11 nitrogen and oxygen atoms in total. The molecule has 0 radical (unpaired) electrons. The number of Topliss-reactive ketones (excluding diaryl/α,β-unsaturated/α-hetero) is 1. The van der Waals surface area contributed by atoms with Crippen molar-refractivity contribution in [2.45, 2.75) is 66.0 Å². The third kappa shape index (κ3) is 5.93. The summed E-state index contributed by atoms with van der Waals surface area (Å²) < 4.78 is 9.25. The Kier molecular flexibility index (Phi) is 7.99. The molecule has 2 aromatic heterocycles. The number of aryl methyl sites for hydroxylation is 2. The molecule has 3 aliphatic rings. The second-order valence-corrected chi connectivity index (χ2v) is 10.9. The van der Waals surface area contributed by atoms with Gasteiger partial charge in [0.15, 0.2) is 5.78 Å². The van der Waals surface area contributed by atoms with Gasteiger partial charge in [-0.05, 0) is 57.7 Å². The van der Waals surface area contributed by atoms with Crippen LogP contribution in [0.2, 0.25) is 0 Å². The molecular weight excluding hydrogens is 510 g/mol. The molecule has 0 unspecified atom stereocenters. The fourth-order valence-electron chi connectivity index (χ4n) is 5.81. The van der Waals surface area contributed by atoms with Gasteiger partial charge < -0.3 is 15.0 Å². The smallest absolute Gasteiger partial charge is 0.244 e. The first-order valence-corrected chi connectivity index (χ1v) is 14.0. The van der Waals surface area contributed by atoms with Crippen LogP contribution in [0.5, 0.6) is 5.75 Å². The number of ketones is 1. The molecule has 0 saturated carbocycles. The normalized spacial score (nSPS) is 17.8. The van der Waals surface area contributed by atoms with Crippen LogP contribution in [0.25, 0.3) is 0 Å². The Hall–Kier alpha value is -4.02. The number of nitrogens with zero attached hydrogens (tertiary/aromatic N) is 6. The van der Waals surface area contributed by atoms with Crippen LogP contribution >= 0.6 is 0 Å². The van der Waals surface area contributed by atoms with Gasteiger partial charge in [0.25, 0.3) is 0 Å². The zero-order chi connectivity index (χ0) is 28.3. The first kappa shape index (κ1) is 27.5. The summed E-state index contributed by atoms with van der Waals surface area (Å²) in [6.45, 7) is 7.86. The van der Waals surface area contributed by atoms with Gasteiger partial charge in [0.2, 0.25) is 11.8 Å². The van der Waals surface area contributed by atoms with E-state index in [0.29, 0.717) is 75.4 Å². The minimum absolute atomic E-state index is 0.0111. The second-order valence-electron chi connectivity index (χ2n) is 10.9. The van der Waals surface area contributed by atoms with Gasteiger partial charge in [-0.2, -0.15) is 5.10 Å². The van der Waals surface area contributed by atoms with E-state index in [1.165, 1.54) is 6.92 Å². The standard InChI is InChI=1S/C29H37N7O4/c1-20-27(22(3)37)21(2)36(32-20)19-26(38)34-14-10-29(11-15-34)17-24-18-35(33-31-24)13-4-16-40-25-7-5-23(6-8-25)9-12-30-28(29)39/h5-8,18H,4,9-17,19H2,1-3H3,(H,30,39). The molecule has 0 aliphatic carbocycles. The van der Waals surface area contributed by atoms with Crippen molar-refractivity contribution in [1.29, 1.82) is 0 Å². The van der Waals surface area contributed by atoms with Gasteiger partial charge in [0.05, 0.1) is 29.0 Å². The van der Waals surface area contributed by atoms with Gasteiger partial charge in [0.1, 0.15) is 12.3 Å². The molecule has 3 aromatic rings. The van der Waals surface area contributed by atoms with Crippen LogP contribution in [0.3, 0.4) is 0 Å². The highest BCUT2D eigenvalue weighted by Crippen LogP contribution is 2.35. The predicted molar refractivity (Wildman–Crippen MR) is 147 cm³/mol. The molecular formula is C29H37N7O4. The number of likely N-dealkylation sites (tertiary alicyclic amines) is 1. The van der Waals surface area contributed by atoms with E-state index >= 15 is 0 Å². The third-order valence-electron chi connectivity index (χ3n) is 8.10. The van der Waals surface area contributed by atoms with E-state index in [-0.39, 0.29) is 24.1 Å². The zero-order valence-electron chi connectivity index (χ0n) is 23.5. The lowest BCUT2D eigenvalue weighted by Gasteiger charge is -2.40. The Balaban J connectivity index is 1.30. The maximum absolute atomic E-state index is 13.7. The van der Waals surface area contributed by atoms with Crippen molar-refractivity contribution in [3.05, 3.63) is 58.7 Å².